The van der Waals surface area contributed by atoms with Crippen molar-refractivity contribution in [2.24, 2.45) is 0 Å². The van der Waals surface area contributed by atoms with E-state index in [1.165, 1.54) is 0 Å². The van der Waals surface area contributed by atoms with Gasteiger partial charge in [-0.25, -0.2) is 4.98 Å². The molecule has 2 aromatic carbocycles. The Morgan fingerprint density at radius 2 is 1.69 bits per heavy atom. The van der Waals surface area contributed by atoms with Crippen molar-refractivity contribution < 1.29 is 9.59 Å². The topological polar surface area (TPSA) is 66.1 Å². The molecule has 4 rings (SSSR count). The maximum Gasteiger partial charge on any atom is 0.196 e. The smallest absolute Gasteiger partial charge is 0.196 e. The van der Waals surface area contributed by atoms with Crippen LogP contribution in [-0.4, -0.2) is 39.0 Å². The number of nitrogens with zero attached hydrogens (tertiary/aromatic N) is 2. The molecular weight excluding hydrogens is 326 g/mol. The number of nitrogens with one attached hydrogen (secondary N) is 1. The fraction of sp³-hybridized carbons (Fsp3) is 0.286. The van der Waals surface area contributed by atoms with Crippen LogP contribution < -0.4 is 0 Å². The van der Waals surface area contributed by atoms with E-state index in [0.717, 1.165) is 17.9 Å². The van der Waals surface area contributed by atoms with Crippen molar-refractivity contribution in [1.29, 1.82) is 0 Å². The third-order valence-corrected chi connectivity index (χ3v) is 5.08. The summed E-state index contributed by atoms with van der Waals surface area (Å²) in [6.07, 6.45) is 0. The highest BCUT2D eigenvalue weighted by atomic mass is 16.1. The van der Waals surface area contributed by atoms with E-state index >= 15 is 0 Å². The lowest BCUT2D eigenvalue weighted by molar-refractivity contribution is 0.0980. The quantitative estimate of drug-likeness (QED) is 0.613. The second-order valence-electron chi connectivity index (χ2n) is 6.93. The molecule has 0 aliphatic heterocycles. The summed E-state index contributed by atoms with van der Waals surface area (Å²) in [6, 6.07) is 11.0. The van der Waals surface area contributed by atoms with Crippen molar-refractivity contribution in [3.8, 4) is 0 Å². The minimum absolute atomic E-state index is 0.112. The van der Waals surface area contributed by atoms with E-state index < -0.39 is 0 Å². The largest absolute Gasteiger partial charge is 0.341 e. The SMILES string of the molecule is CCN(Cc1nc2c3c(ccc2[nH]1)C(=O)c1ccccc1C3=O)C(C)C. The zero-order valence-electron chi connectivity index (χ0n) is 15.2. The van der Waals surface area contributed by atoms with Gasteiger partial charge in [0.05, 0.1) is 17.6 Å². The molecule has 0 amide bonds. The van der Waals surface area contributed by atoms with Gasteiger partial charge in [0, 0.05) is 22.7 Å². The zero-order chi connectivity index (χ0) is 18.4. The van der Waals surface area contributed by atoms with E-state index in [0.29, 0.717) is 40.4 Å². The number of hydrogen-bond acceptors (Lipinski definition) is 4. The van der Waals surface area contributed by atoms with Crippen molar-refractivity contribution in [2.75, 3.05) is 6.54 Å². The van der Waals surface area contributed by atoms with Crippen LogP contribution in [0.15, 0.2) is 36.4 Å². The molecule has 0 saturated heterocycles. The van der Waals surface area contributed by atoms with Crippen molar-refractivity contribution in [3.05, 3.63) is 64.5 Å². The summed E-state index contributed by atoms with van der Waals surface area (Å²) in [5.41, 5.74) is 3.16. The molecule has 5 nitrogen and oxygen atoms in total. The van der Waals surface area contributed by atoms with Crippen molar-refractivity contribution in [1.82, 2.24) is 14.9 Å². The Kier molecular flexibility index (Phi) is 3.96. The van der Waals surface area contributed by atoms with Gasteiger partial charge < -0.3 is 4.98 Å². The first-order chi connectivity index (χ1) is 12.5. The summed E-state index contributed by atoms with van der Waals surface area (Å²) in [7, 11) is 0. The second kappa shape index (κ2) is 6.18. The number of hydrogen-bond donors (Lipinski definition) is 1. The highest BCUT2D eigenvalue weighted by Gasteiger charge is 2.32. The zero-order valence-corrected chi connectivity index (χ0v) is 15.2. The second-order valence-corrected chi connectivity index (χ2v) is 6.93. The Balaban J connectivity index is 1.84. The minimum atomic E-state index is -0.130. The standard InChI is InChI=1S/C21H21N3O2/c1-4-24(12(2)3)11-17-22-16-10-9-15-18(19(16)23-17)21(26)14-8-6-5-7-13(14)20(15)25/h5-10,12H,4,11H2,1-3H3,(H,22,23). The van der Waals surface area contributed by atoms with Gasteiger partial charge in [0.2, 0.25) is 0 Å². The molecule has 26 heavy (non-hydrogen) atoms. The number of carbonyl (C=O) groups is 2. The van der Waals surface area contributed by atoms with E-state index in [4.69, 9.17) is 0 Å². The molecule has 132 valence electrons. The summed E-state index contributed by atoms with van der Waals surface area (Å²) >= 11 is 0. The fourth-order valence-corrected chi connectivity index (χ4v) is 3.63. The molecule has 0 bridgehead atoms. The van der Waals surface area contributed by atoms with Gasteiger partial charge in [-0.3, -0.25) is 14.5 Å². The van der Waals surface area contributed by atoms with Gasteiger partial charge in [0.25, 0.3) is 0 Å². The molecule has 1 aliphatic rings. The fourth-order valence-electron chi connectivity index (χ4n) is 3.63. The Bertz CT molecular complexity index is 1030. The summed E-state index contributed by atoms with van der Waals surface area (Å²) in [5.74, 6) is 0.567. The number of rotatable bonds is 4. The molecule has 0 spiro atoms. The summed E-state index contributed by atoms with van der Waals surface area (Å²) in [4.78, 5) is 36.1. The van der Waals surface area contributed by atoms with Crippen LogP contribution in [0.5, 0.6) is 0 Å². The minimum Gasteiger partial charge on any atom is -0.341 e. The van der Waals surface area contributed by atoms with E-state index in [9.17, 15) is 9.59 Å². The van der Waals surface area contributed by atoms with Crippen molar-refractivity contribution in [2.45, 2.75) is 33.4 Å². The van der Waals surface area contributed by atoms with E-state index in [1.54, 1.807) is 30.3 Å². The van der Waals surface area contributed by atoms with E-state index in [1.807, 2.05) is 6.07 Å². The van der Waals surface area contributed by atoms with Gasteiger partial charge in [-0.1, -0.05) is 31.2 Å². The molecule has 1 N–H and O–H groups in total. The molecule has 5 heteroatoms. The first kappa shape index (κ1) is 16.7. The average molecular weight is 347 g/mol. The van der Waals surface area contributed by atoms with Gasteiger partial charge in [-0.15, -0.1) is 0 Å². The average Bonchev–Trinajstić information content (AvgIpc) is 3.06. The normalized spacial score (nSPS) is 13.6. The number of benzene rings is 2. The lowest BCUT2D eigenvalue weighted by Crippen LogP contribution is -2.30. The van der Waals surface area contributed by atoms with Gasteiger partial charge >= 0.3 is 0 Å². The Labute approximate surface area is 152 Å². The molecule has 1 heterocycles. The molecule has 1 aromatic heterocycles. The van der Waals surface area contributed by atoms with Crippen LogP contribution in [0.4, 0.5) is 0 Å². The van der Waals surface area contributed by atoms with Gasteiger partial charge in [-0.05, 0) is 32.5 Å². The lowest BCUT2D eigenvalue weighted by Gasteiger charge is -2.23. The van der Waals surface area contributed by atoms with Gasteiger partial charge in [0.1, 0.15) is 11.3 Å². The summed E-state index contributed by atoms with van der Waals surface area (Å²) in [6.45, 7) is 8.00. The summed E-state index contributed by atoms with van der Waals surface area (Å²) in [5, 5.41) is 0. The molecular formula is C21H21N3O2. The van der Waals surface area contributed by atoms with Crippen molar-refractivity contribution >= 4 is 22.6 Å². The first-order valence-electron chi connectivity index (χ1n) is 8.95. The first-order valence-corrected chi connectivity index (χ1v) is 8.95. The molecule has 1 aliphatic carbocycles. The number of fused-ring (bicyclic) bond motifs is 4. The molecule has 0 atom stereocenters. The van der Waals surface area contributed by atoms with E-state index in [-0.39, 0.29) is 11.6 Å². The number of aromatic nitrogens is 2. The van der Waals surface area contributed by atoms with Crippen LogP contribution in [0.3, 0.4) is 0 Å². The molecule has 0 unspecified atom stereocenters. The highest BCUT2D eigenvalue weighted by molar-refractivity contribution is 6.31. The Morgan fingerprint density at radius 3 is 2.35 bits per heavy atom. The van der Waals surface area contributed by atoms with Gasteiger partial charge in [-0.2, -0.15) is 0 Å². The Morgan fingerprint density at radius 1 is 1.00 bits per heavy atom. The van der Waals surface area contributed by atoms with E-state index in [2.05, 4.69) is 35.6 Å². The van der Waals surface area contributed by atoms with Crippen LogP contribution >= 0.6 is 0 Å². The van der Waals surface area contributed by atoms with Crippen LogP contribution in [0.2, 0.25) is 0 Å². The predicted octanol–water partition coefficient (Wildman–Crippen LogP) is 3.57. The van der Waals surface area contributed by atoms with Gasteiger partial charge in [0.15, 0.2) is 11.6 Å². The maximum absolute atomic E-state index is 13.0. The molecule has 0 radical (unpaired) electrons. The predicted molar refractivity (Wildman–Crippen MR) is 101 cm³/mol. The van der Waals surface area contributed by atoms with Crippen LogP contribution in [0.25, 0.3) is 11.0 Å². The highest BCUT2D eigenvalue weighted by Crippen LogP contribution is 2.31. The number of H-pyrrole nitrogens is 1. The van der Waals surface area contributed by atoms with Crippen LogP contribution in [-0.2, 0) is 6.54 Å². The number of imidazole rings is 1. The number of carbonyl (C=O) groups excluding carboxylic acids is 2. The maximum atomic E-state index is 13.0. The van der Waals surface area contributed by atoms with Crippen molar-refractivity contribution in [3.63, 3.8) is 0 Å². The third kappa shape index (κ3) is 2.47. The molecule has 0 saturated carbocycles. The summed E-state index contributed by atoms with van der Waals surface area (Å²) < 4.78 is 0. The van der Waals surface area contributed by atoms with Crippen LogP contribution in [0, 0.1) is 0 Å². The third-order valence-electron chi connectivity index (χ3n) is 5.08. The lowest BCUT2D eigenvalue weighted by atomic mass is 9.83. The Hall–Kier alpha value is -2.79. The van der Waals surface area contributed by atoms with Crippen LogP contribution in [0.1, 0.15) is 58.4 Å². The molecule has 3 aromatic rings. The molecule has 0 fully saturated rings. The number of aromatic amines is 1. The monoisotopic (exact) mass is 347 g/mol. The number of ketones is 2.